The molecule has 1 aromatic carbocycles. The topological polar surface area (TPSA) is 88.2 Å². The van der Waals surface area contributed by atoms with E-state index in [1.165, 1.54) is 8.61 Å². The second-order valence-corrected chi connectivity index (χ2v) is 10.3. The molecular formula is C20H28ClN3O5S. The standard InChI is InChI=1S/C20H28ClN3O5S/c1-2-28-20(25)19-18-8-5-15(22-18)13-24(19)30(26,27)23-11-9-17(10-12-23)29-16-6-3-14(21)4-7-16/h3-4,6-7,15,17-19,22H,2,5,8-13H2,1H3/t15-,18+,19+/m1/s1. The Morgan fingerprint density at radius 3 is 2.53 bits per heavy atom. The van der Waals surface area contributed by atoms with Gasteiger partial charge in [0.2, 0.25) is 0 Å². The number of carbonyl (C=O) groups is 1. The first kappa shape index (κ1) is 21.8. The Morgan fingerprint density at radius 2 is 1.87 bits per heavy atom. The van der Waals surface area contributed by atoms with Crippen molar-refractivity contribution in [3.8, 4) is 5.75 Å². The lowest BCUT2D eigenvalue weighted by atomic mass is 10.1. The van der Waals surface area contributed by atoms with Crippen molar-refractivity contribution in [3.05, 3.63) is 29.3 Å². The van der Waals surface area contributed by atoms with Crippen molar-refractivity contribution in [2.75, 3.05) is 26.2 Å². The van der Waals surface area contributed by atoms with Gasteiger partial charge in [-0.25, -0.2) is 0 Å². The highest BCUT2D eigenvalue weighted by Gasteiger charge is 2.51. The highest BCUT2D eigenvalue weighted by atomic mass is 35.5. The summed E-state index contributed by atoms with van der Waals surface area (Å²) in [6.07, 6.45) is 2.76. The molecule has 0 radical (unpaired) electrons. The van der Waals surface area contributed by atoms with E-state index in [0.717, 1.165) is 18.6 Å². The number of halogens is 1. The summed E-state index contributed by atoms with van der Waals surface area (Å²) in [5.74, 6) is 0.252. The maximum Gasteiger partial charge on any atom is 0.326 e. The number of hydrogen-bond donors (Lipinski definition) is 1. The van der Waals surface area contributed by atoms with Crippen molar-refractivity contribution in [3.63, 3.8) is 0 Å². The monoisotopic (exact) mass is 457 g/mol. The molecule has 4 rings (SSSR count). The van der Waals surface area contributed by atoms with Crippen LogP contribution < -0.4 is 10.1 Å². The molecule has 3 heterocycles. The van der Waals surface area contributed by atoms with Crippen molar-refractivity contribution in [2.24, 2.45) is 0 Å². The molecule has 0 spiro atoms. The minimum atomic E-state index is -3.77. The van der Waals surface area contributed by atoms with Gasteiger partial charge in [0.1, 0.15) is 17.9 Å². The van der Waals surface area contributed by atoms with E-state index in [1.54, 1.807) is 19.1 Å². The summed E-state index contributed by atoms with van der Waals surface area (Å²) in [6.45, 7) is 2.97. The average Bonchev–Trinajstić information content (AvgIpc) is 3.10. The maximum absolute atomic E-state index is 13.4. The van der Waals surface area contributed by atoms with Crippen LogP contribution in [0.5, 0.6) is 5.75 Å². The number of esters is 1. The van der Waals surface area contributed by atoms with Crippen molar-refractivity contribution in [2.45, 2.75) is 56.8 Å². The zero-order chi connectivity index (χ0) is 21.3. The summed E-state index contributed by atoms with van der Waals surface area (Å²) in [4.78, 5) is 12.6. The van der Waals surface area contributed by atoms with Gasteiger partial charge in [0, 0.05) is 36.7 Å². The van der Waals surface area contributed by atoms with Gasteiger partial charge < -0.3 is 14.8 Å². The van der Waals surface area contributed by atoms with Crippen molar-refractivity contribution < 1.29 is 22.7 Å². The summed E-state index contributed by atoms with van der Waals surface area (Å²) >= 11 is 5.91. The van der Waals surface area contributed by atoms with Gasteiger partial charge in [-0.15, -0.1) is 0 Å². The number of benzene rings is 1. The first-order valence-corrected chi connectivity index (χ1v) is 12.3. The van der Waals surface area contributed by atoms with Gasteiger partial charge in [-0.2, -0.15) is 17.0 Å². The summed E-state index contributed by atoms with van der Waals surface area (Å²) in [6, 6.07) is 6.24. The molecule has 0 amide bonds. The van der Waals surface area contributed by atoms with Crippen molar-refractivity contribution >= 4 is 27.8 Å². The Hall–Kier alpha value is -1.39. The van der Waals surface area contributed by atoms with E-state index in [9.17, 15) is 13.2 Å². The van der Waals surface area contributed by atoms with Crippen LogP contribution in [-0.2, 0) is 19.7 Å². The normalized spacial score (nSPS) is 28.4. The summed E-state index contributed by atoms with van der Waals surface area (Å²) < 4.78 is 40.9. The van der Waals surface area contributed by atoms with E-state index in [-0.39, 0.29) is 24.8 Å². The maximum atomic E-state index is 13.4. The average molecular weight is 458 g/mol. The number of piperidine rings is 1. The number of hydrogen-bond acceptors (Lipinski definition) is 6. The van der Waals surface area contributed by atoms with E-state index in [2.05, 4.69) is 5.32 Å². The van der Waals surface area contributed by atoms with E-state index < -0.39 is 22.2 Å². The Labute approximate surface area is 182 Å². The number of nitrogens with one attached hydrogen (secondary N) is 1. The van der Waals surface area contributed by atoms with Crippen LogP contribution in [0.3, 0.4) is 0 Å². The van der Waals surface area contributed by atoms with Crippen molar-refractivity contribution in [1.82, 2.24) is 13.9 Å². The lowest BCUT2D eigenvalue weighted by Crippen LogP contribution is -2.65. The van der Waals surface area contributed by atoms with Crippen LogP contribution in [0.15, 0.2) is 24.3 Å². The highest BCUT2D eigenvalue weighted by Crippen LogP contribution is 2.31. The fourth-order valence-corrected chi connectivity index (χ4v) is 6.54. The predicted molar refractivity (Wildman–Crippen MR) is 113 cm³/mol. The van der Waals surface area contributed by atoms with Gasteiger partial charge in [-0.05, 0) is 56.9 Å². The number of ether oxygens (including phenoxy) is 2. The lowest BCUT2D eigenvalue weighted by Gasteiger charge is -2.42. The van der Waals surface area contributed by atoms with E-state index in [0.29, 0.717) is 37.5 Å². The van der Waals surface area contributed by atoms with Crippen molar-refractivity contribution in [1.29, 1.82) is 0 Å². The molecule has 2 bridgehead atoms. The third-order valence-electron chi connectivity index (χ3n) is 6.04. The molecule has 0 aromatic heterocycles. The van der Waals surface area contributed by atoms with Crippen LogP contribution in [0, 0.1) is 0 Å². The van der Waals surface area contributed by atoms with E-state index in [1.807, 2.05) is 12.1 Å². The molecule has 166 valence electrons. The highest BCUT2D eigenvalue weighted by molar-refractivity contribution is 7.86. The smallest absolute Gasteiger partial charge is 0.326 e. The molecule has 8 nitrogen and oxygen atoms in total. The van der Waals surface area contributed by atoms with Crippen LogP contribution in [0.4, 0.5) is 0 Å². The molecule has 1 aromatic rings. The number of nitrogens with zero attached hydrogens (tertiary/aromatic N) is 2. The minimum absolute atomic E-state index is 0.0577. The molecule has 10 heteroatoms. The minimum Gasteiger partial charge on any atom is -0.490 e. The van der Waals surface area contributed by atoms with Gasteiger partial charge in [0.05, 0.1) is 6.61 Å². The molecule has 0 unspecified atom stereocenters. The molecule has 3 atom stereocenters. The lowest BCUT2D eigenvalue weighted by molar-refractivity contribution is -0.149. The third-order valence-corrected chi connectivity index (χ3v) is 8.27. The predicted octanol–water partition coefficient (Wildman–Crippen LogP) is 1.80. The molecule has 3 aliphatic heterocycles. The van der Waals surface area contributed by atoms with E-state index in [4.69, 9.17) is 21.1 Å². The Balaban J connectivity index is 1.43. The fraction of sp³-hybridized carbons (Fsp3) is 0.650. The molecule has 3 aliphatic rings. The summed E-state index contributed by atoms with van der Waals surface area (Å²) in [7, 11) is -3.77. The van der Waals surface area contributed by atoms with Crippen LogP contribution in [-0.4, -0.2) is 73.5 Å². The van der Waals surface area contributed by atoms with Gasteiger partial charge in [-0.3, -0.25) is 4.79 Å². The largest absolute Gasteiger partial charge is 0.490 e. The molecule has 3 saturated heterocycles. The van der Waals surface area contributed by atoms with E-state index >= 15 is 0 Å². The molecule has 0 aliphatic carbocycles. The molecular weight excluding hydrogens is 430 g/mol. The van der Waals surface area contributed by atoms with Crippen LogP contribution >= 0.6 is 11.6 Å². The SMILES string of the molecule is CCOC(=O)[C@@H]1[C@@H]2CC[C@H](CN1S(=O)(=O)N1CCC(Oc3ccc(Cl)cc3)CC1)N2. The number of carbonyl (C=O) groups excluding carboxylic acids is 1. The fourth-order valence-electron chi connectivity index (χ4n) is 4.56. The third kappa shape index (κ3) is 4.45. The van der Waals surface area contributed by atoms with Gasteiger partial charge in [0.15, 0.2) is 0 Å². The Bertz CT molecular complexity index is 858. The first-order valence-electron chi connectivity index (χ1n) is 10.5. The second-order valence-electron chi connectivity index (χ2n) is 7.99. The quantitative estimate of drug-likeness (QED) is 0.655. The molecule has 0 saturated carbocycles. The van der Waals surface area contributed by atoms with Crippen LogP contribution in [0.25, 0.3) is 0 Å². The summed E-state index contributed by atoms with van der Waals surface area (Å²) in [5, 5.41) is 4.01. The zero-order valence-electron chi connectivity index (χ0n) is 17.0. The van der Waals surface area contributed by atoms with Gasteiger partial charge in [-0.1, -0.05) is 11.6 Å². The summed E-state index contributed by atoms with van der Waals surface area (Å²) in [5.41, 5.74) is 0. The van der Waals surface area contributed by atoms with Crippen LogP contribution in [0.1, 0.15) is 32.6 Å². The second kappa shape index (κ2) is 9.00. The molecule has 30 heavy (non-hydrogen) atoms. The Morgan fingerprint density at radius 1 is 1.17 bits per heavy atom. The number of rotatable bonds is 6. The Kier molecular flexibility index (Phi) is 6.55. The van der Waals surface area contributed by atoms with Gasteiger partial charge in [0.25, 0.3) is 10.2 Å². The number of piperazine rings is 1. The van der Waals surface area contributed by atoms with Crippen LogP contribution in [0.2, 0.25) is 5.02 Å². The first-order chi connectivity index (χ1) is 14.4. The number of fused-ring (bicyclic) bond motifs is 2. The van der Waals surface area contributed by atoms with Gasteiger partial charge >= 0.3 is 5.97 Å². The zero-order valence-corrected chi connectivity index (χ0v) is 18.6. The molecule has 1 N–H and O–H groups in total. The molecule has 3 fully saturated rings.